The van der Waals surface area contributed by atoms with Crippen molar-refractivity contribution in [3.05, 3.63) is 16.1 Å². The number of nitrogens with zero attached hydrogens (tertiary/aromatic N) is 1. The van der Waals surface area contributed by atoms with Crippen LogP contribution >= 0.6 is 11.3 Å². The van der Waals surface area contributed by atoms with Gasteiger partial charge in [0.05, 0.1) is 0 Å². The second kappa shape index (κ2) is 4.28. The molecule has 0 amide bonds. The Balaban J connectivity index is 2.64. The summed E-state index contributed by atoms with van der Waals surface area (Å²) >= 11 is 1.28. The molecule has 0 aliphatic heterocycles. The normalized spacial score (nSPS) is 10.4. The fourth-order valence-electron chi connectivity index (χ4n) is 0.835. The minimum atomic E-state index is 0.0433. The van der Waals surface area contributed by atoms with Crippen LogP contribution < -0.4 is 0 Å². The van der Waals surface area contributed by atoms with Crippen molar-refractivity contribution in [2.75, 3.05) is 0 Å². The molecule has 13 heavy (non-hydrogen) atoms. The summed E-state index contributed by atoms with van der Waals surface area (Å²) in [4.78, 5) is 26.3. The molecule has 0 saturated heterocycles. The number of thiazole rings is 1. The van der Waals surface area contributed by atoms with E-state index in [4.69, 9.17) is 0 Å². The lowest BCUT2D eigenvalue weighted by Crippen LogP contribution is -2.08. The van der Waals surface area contributed by atoms with Gasteiger partial charge >= 0.3 is 0 Å². The summed E-state index contributed by atoms with van der Waals surface area (Å²) in [6, 6.07) is 0. The van der Waals surface area contributed by atoms with E-state index in [0.717, 1.165) is 4.88 Å². The molecule has 1 rings (SSSR count). The van der Waals surface area contributed by atoms with Crippen molar-refractivity contribution in [3.8, 4) is 0 Å². The molecule has 0 unspecified atom stereocenters. The van der Waals surface area contributed by atoms with Gasteiger partial charge in [0, 0.05) is 23.4 Å². The first kappa shape index (κ1) is 10.1. The molecule has 1 aromatic heterocycles. The summed E-state index contributed by atoms with van der Waals surface area (Å²) in [5.41, 5.74) is 0. The monoisotopic (exact) mass is 197 g/mol. The van der Waals surface area contributed by atoms with Crippen molar-refractivity contribution in [2.45, 2.75) is 20.3 Å². The zero-order valence-corrected chi connectivity index (χ0v) is 8.43. The van der Waals surface area contributed by atoms with Crippen LogP contribution in [0.1, 0.15) is 28.5 Å². The second-order valence-corrected chi connectivity index (χ2v) is 4.23. The Morgan fingerprint density at radius 3 is 2.85 bits per heavy atom. The summed E-state index contributed by atoms with van der Waals surface area (Å²) < 4.78 is 0. The summed E-state index contributed by atoms with van der Waals surface area (Å²) in [5, 5.41) is 0.437. The number of carbonyl (C=O) groups excluding carboxylic acids is 2. The molecule has 1 aromatic rings. The van der Waals surface area contributed by atoms with Gasteiger partial charge in [-0.25, -0.2) is 4.98 Å². The van der Waals surface area contributed by atoms with Crippen LogP contribution in [0, 0.1) is 5.92 Å². The highest BCUT2D eigenvalue weighted by Gasteiger charge is 2.10. The first-order chi connectivity index (χ1) is 6.13. The molecule has 0 radical (unpaired) electrons. The predicted molar refractivity (Wildman–Crippen MR) is 51.1 cm³/mol. The smallest absolute Gasteiger partial charge is 0.178 e. The third kappa shape index (κ3) is 2.73. The molecule has 0 N–H and O–H groups in total. The average molecular weight is 197 g/mol. The molecule has 0 aromatic carbocycles. The maximum atomic E-state index is 11.3. The minimum Gasteiger partial charge on any atom is -0.299 e. The molecule has 0 saturated carbocycles. The van der Waals surface area contributed by atoms with E-state index in [1.165, 1.54) is 11.3 Å². The molecule has 0 spiro atoms. The Kier molecular flexibility index (Phi) is 3.31. The lowest BCUT2D eigenvalue weighted by Gasteiger charge is -1.99. The van der Waals surface area contributed by atoms with E-state index in [-0.39, 0.29) is 11.7 Å². The van der Waals surface area contributed by atoms with Crippen LogP contribution in [0.15, 0.2) is 6.20 Å². The van der Waals surface area contributed by atoms with Crippen LogP contribution in [0.2, 0.25) is 0 Å². The van der Waals surface area contributed by atoms with Crippen molar-refractivity contribution in [3.63, 3.8) is 0 Å². The van der Waals surface area contributed by atoms with E-state index < -0.39 is 0 Å². The van der Waals surface area contributed by atoms with Crippen molar-refractivity contribution in [1.29, 1.82) is 0 Å². The van der Waals surface area contributed by atoms with Crippen LogP contribution in [0.5, 0.6) is 0 Å². The Morgan fingerprint density at radius 1 is 1.69 bits per heavy atom. The molecule has 4 heteroatoms. The second-order valence-electron chi connectivity index (χ2n) is 3.08. The van der Waals surface area contributed by atoms with Gasteiger partial charge in [0.25, 0.3) is 0 Å². The third-order valence-corrected chi connectivity index (χ3v) is 2.59. The number of hydrogen-bond acceptors (Lipinski definition) is 4. The standard InChI is InChI=1S/C9H11NO2S/c1-6(2)8(12)3-7-4-10-9(5-11)13-7/h4-6H,3H2,1-2H3. The lowest BCUT2D eigenvalue weighted by atomic mass is 10.1. The first-order valence-electron chi connectivity index (χ1n) is 4.06. The van der Waals surface area contributed by atoms with Gasteiger partial charge in [0.15, 0.2) is 11.3 Å². The highest BCUT2D eigenvalue weighted by Crippen LogP contribution is 2.13. The maximum absolute atomic E-state index is 11.3. The predicted octanol–water partition coefficient (Wildman–Crippen LogP) is 1.72. The van der Waals surface area contributed by atoms with E-state index in [2.05, 4.69) is 4.98 Å². The summed E-state index contributed by atoms with van der Waals surface area (Å²) in [5.74, 6) is 0.225. The molecule has 0 aliphatic carbocycles. The van der Waals surface area contributed by atoms with Crippen molar-refractivity contribution in [1.82, 2.24) is 4.98 Å². The Hall–Kier alpha value is -1.03. The van der Waals surface area contributed by atoms with Crippen molar-refractivity contribution >= 4 is 23.4 Å². The van der Waals surface area contributed by atoms with E-state index >= 15 is 0 Å². The Bertz CT molecular complexity index is 317. The molecular formula is C9H11NO2S. The van der Waals surface area contributed by atoms with E-state index in [1.54, 1.807) is 6.20 Å². The number of rotatable bonds is 4. The zero-order valence-electron chi connectivity index (χ0n) is 7.61. The molecule has 0 aliphatic rings. The van der Waals surface area contributed by atoms with Gasteiger partial charge in [-0.3, -0.25) is 9.59 Å². The highest BCUT2D eigenvalue weighted by molar-refractivity contribution is 7.13. The van der Waals surface area contributed by atoms with Crippen LogP contribution in [0.4, 0.5) is 0 Å². The SMILES string of the molecule is CC(C)C(=O)Cc1cnc(C=O)s1. The van der Waals surface area contributed by atoms with Crippen LogP contribution in [-0.4, -0.2) is 17.1 Å². The van der Waals surface area contributed by atoms with Gasteiger partial charge in [0.2, 0.25) is 0 Å². The average Bonchev–Trinajstić information content (AvgIpc) is 2.52. The van der Waals surface area contributed by atoms with Crippen LogP contribution in [0.25, 0.3) is 0 Å². The van der Waals surface area contributed by atoms with Crippen molar-refractivity contribution < 1.29 is 9.59 Å². The van der Waals surface area contributed by atoms with Gasteiger partial charge in [-0.2, -0.15) is 0 Å². The third-order valence-electron chi connectivity index (χ3n) is 1.66. The molecular weight excluding hydrogens is 186 g/mol. The van der Waals surface area contributed by atoms with E-state index in [9.17, 15) is 9.59 Å². The highest BCUT2D eigenvalue weighted by atomic mass is 32.1. The molecule has 1 heterocycles. The molecule has 0 fully saturated rings. The van der Waals surface area contributed by atoms with Crippen molar-refractivity contribution in [2.24, 2.45) is 5.92 Å². The number of ketones is 1. The number of aromatic nitrogens is 1. The molecule has 70 valence electrons. The maximum Gasteiger partial charge on any atom is 0.178 e. The largest absolute Gasteiger partial charge is 0.299 e. The lowest BCUT2D eigenvalue weighted by molar-refractivity contribution is -0.121. The van der Waals surface area contributed by atoms with Gasteiger partial charge < -0.3 is 0 Å². The first-order valence-corrected chi connectivity index (χ1v) is 4.87. The van der Waals surface area contributed by atoms with Crippen LogP contribution in [-0.2, 0) is 11.2 Å². The number of hydrogen-bond donors (Lipinski definition) is 0. The van der Waals surface area contributed by atoms with E-state index in [1.807, 2.05) is 13.8 Å². The Morgan fingerprint density at radius 2 is 2.38 bits per heavy atom. The van der Waals surface area contributed by atoms with Gasteiger partial charge in [-0.05, 0) is 0 Å². The zero-order chi connectivity index (χ0) is 9.84. The summed E-state index contributed by atoms with van der Waals surface area (Å²) in [7, 11) is 0. The van der Waals surface area contributed by atoms with Gasteiger partial charge in [-0.15, -0.1) is 11.3 Å². The number of carbonyl (C=O) groups is 2. The minimum absolute atomic E-state index is 0.0433. The number of aldehydes is 1. The van der Waals surface area contributed by atoms with E-state index in [0.29, 0.717) is 17.7 Å². The topological polar surface area (TPSA) is 47.0 Å². The molecule has 0 atom stereocenters. The van der Waals surface area contributed by atoms with Crippen LogP contribution in [0.3, 0.4) is 0 Å². The summed E-state index contributed by atoms with van der Waals surface area (Å²) in [6.45, 7) is 3.73. The number of Topliss-reactive ketones (excluding diaryl/α,β-unsaturated/α-hetero) is 1. The van der Waals surface area contributed by atoms with Gasteiger partial charge in [-0.1, -0.05) is 13.8 Å². The fourth-order valence-corrected chi connectivity index (χ4v) is 1.58. The Labute approximate surface area is 80.8 Å². The fraction of sp³-hybridized carbons (Fsp3) is 0.444. The molecule has 0 bridgehead atoms. The summed E-state index contributed by atoms with van der Waals surface area (Å²) in [6.07, 6.45) is 2.69. The quantitative estimate of drug-likeness (QED) is 0.690. The van der Waals surface area contributed by atoms with Gasteiger partial charge in [0.1, 0.15) is 5.78 Å². The molecule has 3 nitrogen and oxygen atoms in total.